The molecule has 0 spiro atoms. The fourth-order valence-corrected chi connectivity index (χ4v) is 2.73. The van der Waals surface area contributed by atoms with Crippen molar-refractivity contribution >= 4 is 16.7 Å². The molecule has 4 N–H and O–H groups in total. The van der Waals surface area contributed by atoms with Gasteiger partial charge in [-0.3, -0.25) is 4.79 Å². The molecule has 1 heterocycles. The number of fused-ring (bicyclic) bond motifs is 1. The fraction of sp³-hybridized carbons (Fsp3) is 0.143. The van der Waals surface area contributed by atoms with Gasteiger partial charge in [0.05, 0.1) is 11.7 Å². The van der Waals surface area contributed by atoms with Gasteiger partial charge < -0.3 is 20.9 Å². The van der Waals surface area contributed by atoms with Crippen molar-refractivity contribution in [1.82, 2.24) is 10.3 Å². The third-order valence-electron chi connectivity index (χ3n) is 4.15. The summed E-state index contributed by atoms with van der Waals surface area (Å²) in [7, 11) is 0. The first kappa shape index (κ1) is 18.6. The van der Waals surface area contributed by atoms with Crippen molar-refractivity contribution in [2.45, 2.75) is 12.6 Å². The van der Waals surface area contributed by atoms with Crippen molar-refractivity contribution in [3.8, 4) is 11.6 Å². The first-order valence-corrected chi connectivity index (χ1v) is 8.54. The van der Waals surface area contributed by atoms with Gasteiger partial charge in [0.15, 0.2) is 0 Å². The predicted molar refractivity (Wildman–Crippen MR) is 105 cm³/mol. The van der Waals surface area contributed by atoms with Gasteiger partial charge in [-0.2, -0.15) is 0 Å². The summed E-state index contributed by atoms with van der Waals surface area (Å²) in [6, 6.07) is 15.0. The van der Waals surface area contributed by atoms with Gasteiger partial charge in [-0.1, -0.05) is 36.4 Å². The molecule has 0 aliphatic heterocycles. The van der Waals surface area contributed by atoms with Gasteiger partial charge in [-0.15, -0.1) is 6.58 Å². The van der Waals surface area contributed by atoms with Gasteiger partial charge in [0.25, 0.3) is 0 Å². The number of hydrogen-bond acceptors (Lipinski definition) is 5. The average molecular weight is 363 g/mol. The first-order chi connectivity index (χ1) is 13.1. The molecule has 0 radical (unpaired) electrons. The smallest absolute Gasteiger partial charge is 0.250 e. The number of primary amides is 1. The third-order valence-corrected chi connectivity index (χ3v) is 4.15. The van der Waals surface area contributed by atoms with Gasteiger partial charge in [0, 0.05) is 30.7 Å². The molecule has 1 aromatic heterocycles. The van der Waals surface area contributed by atoms with E-state index >= 15 is 0 Å². The minimum atomic E-state index is -0.576. The summed E-state index contributed by atoms with van der Waals surface area (Å²) in [4.78, 5) is 15.3. The summed E-state index contributed by atoms with van der Waals surface area (Å²) < 4.78 is 5.90. The molecule has 0 aliphatic rings. The van der Waals surface area contributed by atoms with Gasteiger partial charge in [-0.25, -0.2) is 4.98 Å². The van der Waals surface area contributed by atoms with Crippen LogP contribution in [-0.4, -0.2) is 28.6 Å². The number of nitrogens with one attached hydrogen (secondary N) is 1. The minimum Gasteiger partial charge on any atom is -0.438 e. The molecule has 2 aromatic carbocycles. The summed E-state index contributed by atoms with van der Waals surface area (Å²) in [6.45, 7) is 4.61. The number of aliphatic hydroxyl groups excluding tert-OH is 1. The summed E-state index contributed by atoms with van der Waals surface area (Å²) >= 11 is 0. The van der Waals surface area contributed by atoms with Crippen LogP contribution in [0.15, 0.2) is 67.4 Å². The summed E-state index contributed by atoms with van der Waals surface area (Å²) in [5, 5.41) is 14.8. The monoisotopic (exact) mass is 363 g/mol. The second-order valence-electron chi connectivity index (χ2n) is 6.05. The molecule has 1 atom stereocenters. The largest absolute Gasteiger partial charge is 0.438 e. The molecule has 27 heavy (non-hydrogen) atoms. The van der Waals surface area contributed by atoms with Crippen LogP contribution in [0.2, 0.25) is 0 Å². The van der Waals surface area contributed by atoms with E-state index in [1.54, 1.807) is 12.1 Å². The Morgan fingerprint density at radius 2 is 2.00 bits per heavy atom. The lowest BCUT2D eigenvalue weighted by Gasteiger charge is -2.13. The normalized spacial score (nSPS) is 11.9. The Hall–Kier alpha value is -3.22. The molecule has 1 amide bonds. The minimum absolute atomic E-state index is 0.329. The number of carbonyl (C=O) groups excluding carboxylic acids is 1. The molecular weight excluding hydrogens is 342 g/mol. The topological polar surface area (TPSA) is 97.5 Å². The number of nitrogens with zero attached hydrogens (tertiary/aromatic N) is 1. The van der Waals surface area contributed by atoms with E-state index in [-0.39, 0.29) is 0 Å². The second-order valence-corrected chi connectivity index (χ2v) is 6.05. The van der Waals surface area contributed by atoms with Crippen LogP contribution in [0.1, 0.15) is 15.9 Å². The lowest BCUT2D eigenvalue weighted by Crippen LogP contribution is -2.24. The first-order valence-electron chi connectivity index (χ1n) is 8.54. The van der Waals surface area contributed by atoms with Crippen molar-refractivity contribution in [2.24, 2.45) is 5.73 Å². The van der Waals surface area contributed by atoms with E-state index in [1.807, 2.05) is 36.4 Å². The molecular formula is C21H21N3O3. The highest BCUT2D eigenvalue weighted by Crippen LogP contribution is 2.31. The van der Waals surface area contributed by atoms with Crippen LogP contribution in [0.5, 0.6) is 11.6 Å². The summed E-state index contributed by atoms with van der Waals surface area (Å²) in [5.74, 6) is 0.517. The molecule has 0 unspecified atom stereocenters. The van der Waals surface area contributed by atoms with Crippen LogP contribution in [0.25, 0.3) is 10.8 Å². The maximum atomic E-state index is 11.1. The van der Waals surface area contributed by atoms with Crippen LogP contribution in [-0.2, 0) is 6.54 Å². The number of amides is 1. The molecule has 3 rings (SSSR count). The highest BCUT2D eigenvalue weighted by Gasteiger charge is 2.09. The van der Waals surface area contributed by atoms with E-state index in [9.17, 15) is 9.90 Å². The molecule has 0 saturated carbocycles. The Bertz CT molecular complexity index is 955. The van der Waals surface area contributed by atoms with Gasteiger partial charge in [0.2, 0.25) is 11.8 Å². The van der Waals surface area contributed by atoms with Gasteiger partial charge in [0.1, 0.15) is 5.75 Å². The number of rotatable bonds is 8. The number of aromatic nitrogens is 1. The molecule has 6 heteroatoms. The fourth-order valence-electron chi connectivity index (χ4n) is 2.73. The number of pyridine rings is 1. The standard InChI is InChI=1S/C21H21N3O3/c1-2-16(25)13-23-11-14-5-3-7-18-17(14)6-4-8-19(18)27-20-10-9-15(12-24-20)21(22)26/h2-10,12,16,23,25H,1,11,13H2,(H2,22,26)/t16-/m1/s1. The zero-order chi connectivity index (χ0) is 19.2. The van der Waals surface area contributed by atoms with E-state index in [1.165, 1.54) is 12.3 Å². The van der Waals surface area contributed by atoms with Crippen LogP contribution in [0, 0.1) is 0 Å². The Balaban J connectivity index is 1.83. The molecule has 138 valence electrons. The Labute approximate surface area is 157 Å². The molecule has 0 saturated heterocycles. The molecule has 0 fully saturated rings. The number of nitrogens with two attached hydrogens (primary N) is 1. The van der Waals surface area contributed by atoms with Crippen molar-refractivity contribution < 1.29 is 14.6 Å². The number of aliphatic hydroxyl groups is 1. The average Bonchev–Trinajstić information content (AvgIpc) is 2.68. The predicted octanol–water partition coefficient (Wildman–Crippen LogP) is 2.76. The lowest BCUT2D eigenvalue weighted by atomic mass is 10.0. The van der Waals surface area contributed by atoms with E-state index < -0.39 is 12.0 Å². The van der Waals surface area contributed by atoms with Crippen LogP contribution < -0.4 is 15.8 Å². The maximum Gasteiger partial charge on any atom is 0.250 e. The zero-order valence-corrected chi connectivity index (χ0v) is 14.8. The zero-order valence-electron chi connectivity index (χ0n) is 14.8. The van der Waals surface area contributed by atoms with Crippen LogP contribution >= 0.6 is 0 Å². The number of ether oxygens (including phenoxy) is 1. The Kier molecular flexibility index (Phi) is 5.80. The summed E-state index contributed by atoms with van der Waals surface area (Å²) in [5.41, 5.74) is 6.65. The summed E-state index contributed by atoms with van der Waals surface area (Å²) in [6.07, 6.45) is 2.31. The van der Waals surface area contributed by atoms with E-state index in [0.29, 0.717) is 30.3 Å². The van der Waals surface area contributed by atoms with Crippen molar-refractivity contribution in [3.63, 3.8) is 0 Å². The highest BCUT2D eigenvalue weighted by atomic mass is 16.5. The molecule has 0 aliphatic carbocycles. The Morgan fingerprint density at radius 1 is 1.22 bits per heavy atom. The van der Waals surface area contributed by atoms with E-state index in [2.05, 4.69) is 16.9 Å². The van der Waals surface area contributed by atoms with E-state index in [0.717, 1.165) is 16.3 Å². The quantitative estimate of drug-likeness (QED) is 0.535. The SMILES string of the molecule is C=C[C@@H](O)CNCc1cccc2c(Oc3ccc(C(N)=O)cn3)cccc12. The second kappa shape index (κ2) is 8.44. The van der Waals surface area contributed by atoms with Crippen molar-refractivity contribution in [2.75, 3.05) is 6.54 Å². The Morgan fingerprint density at radius 3 is 2.70 bits per heavy atom. The molecule has 6 nitrogen and oxygen atoms in total. The van der Waals surface area contributed by atoms with Gasteiger partial charge >= 0.3 is 0 Å². The van der Waals surface area contributed by atoms with Crippen LogP contribution in [0.4, 0.5) is 0 Å². The van der Waals surface area contributed by atoms with Crippen LogP contribution in [0.3, 0.4) is 0 Å². The number of hydrogen-bond donors (Lipinski definition) is 3. The van der Waals surface area contributed by atoms with Crippen molar-refractivity contribution in [1.29, 1.82) is 0 Å². The lowest BCUT2D eigenvalue weighted by molar-refractivity contribution is 0.1000. The third kappa shape index (κ3) is 4.49. The maximum absolute atomic E-state index is 11.1. The van der Waals surface area contributed by atoms with E-state index in [4.69, 9.17) is 10.5 Å². The number of benzene rings is 2. The van der Waals surface area contributed by atoms with Crippen molar-refractivity contribution in [3.05, 3.63) is 78.5 Å². The number of carbonyl (C=O) groups is 1. The molecule has 3 aromatic rings. The highest BCUT2D eigenvalue weighted by molar-refractivity contribution is 5.92. The molecule has 0 bridgehead atoms. The van der Waals surface area contributed by atoms with Gasteiger partial charge in [-0.05, 0) is 23.1 Å².